The van der Waals surface area contributed by atoms with E-state index in [0.29, 0.717) is 34.6 Å². The van der Waals surface area contributed by atoms with Gasteiger partial charge in [-0.05, 0) is 43.3 Å². The minimum atomic E-state index is -0.525. The predicted molar refractivity (Wildman–Crippen MR) is 111 cm³/mol. The molecule has 10 heteroatoms. The summed E-state index contributed by atoms with van der Waals surface area (Å²) in [6, 6.07) is 13.7. The van der Waals surface area contributed by atoms with Crippen LogP contribution in [0.1, 0.15) is 17.3 Å². The summed E-state index contributed by atoms with van der Waals surface area (Å²) >= 11 is 1.16. The smallest absolute Gasteiger partial charge is 0.248 e. The van der Waals surface area contributed by atoms with Crippen LogP contribution in [-0.4, -0.2) is 39.0 Å². The van der Waals surface area contributed by atoms with Gasteiger partial charge in [-0.25, -0.2) is 4.68 Å². The molecule has 0 spiro atoms. The maximum atomic E-state index is 12.2. The van der Waals surface area contributed by atoms with Crippen molar-refractivity contribution in [2.45, 2.75) is 12.1 Å². The van der Waals surface area contributed by atoms with Gasteiger partial charge >= 0.3 is 0 Å². The monoisotopic (exact) mass is 412 g/mol. The molecule has 2 aromatic carbocycles. The Bertz CT molecular complexity index is 1020. The minimum absolute atomic E-state index is 0.0892. The molecule has 0 fully saturated rings. The molecule has 0 aliphatic rings. The fraction of sp³-hybridized carbons (Fsp3) is 0.158. The fourth-order valence-corrected chi connectivity index (χ4v) is 3.17. The van der Waals surface area contributed by atoms with Gasteiger partial charge < -0.3 is 21.6 Å². The summed E-state index contributed by atoms with van der Waals surface area (Å²) in [6.07, 6.45) is 0. The van der Waals surface area contributed by atoms with Crippen molar-refractivity contribution in [3.05, 3.63) is 54.1 Å². The zero-order valence-electron chi connectivity index (χ0n) is 15.7. The Kier molecular flexibility index (Phi) is 6.35. The Labute approximate surface area is 171 Å². The van der Waals surface area contributed by atoms with Crippen LogP contribution >= 0.6 is 11.8 Å². The molecule has 3 rings (SSSR count). The van der Waals surface area contributed by atoms with Crippen LogP contribution in [0.3, 0.4) is 0 Å². The third-order valence-electron chi connectivity index (χ3n) is 3.85. The van der Waals surface area contributed by atoms with E-state index >= 15 is 0 Å². The van der Waals surface area contributed by atoms with E-state index in [1.807, 2.05) is 31.2 Å². The van der Waals surface area contributed by atoms with Gasteiger partial charge in [0.15, 0.2) is 5.82 Å². The number of aromatic nitrogens is 3. The van der Waals surface area contributed by atoms with E-state index in [2.05, 4.69) is 15.5 Å². The summed E-state index contributed by atoms with van der Waals surface area (Å²) in [7, 11) is 0. The van der Waals surface area contributed by atoms with Crippen molar-refractivity contribution < 1.29 is 14.3 Å². The first kappa shape index (κ1) is 20.2. The van der Waals surface area contributed by atoms with Crippen molar-refractivity contribution in [3.8, 4) is 17.1 Å². The number of benzene rings is 2. The number of ether oxygens (including phenoxy) is 1. The van der Waals surface area contributed by atoms with E-state index in [-0.39, 0.29) is 11.7 Å². The zero-order valence-corrected chi connectivity index (χ0v) is 16.5. The van der Waals surface area contributed by atoms with Gasteiger partial charge in [-0.2, -0.15) is 0 Å². The average Bonchev–Trinajstić information content (AvgIpc) is 3.08. The van der Waals surface area contributed by atoms with Gasteiger partial charge in [0.2, 0.25) is 17.0 Å². The second-order valence-electron chi connectivity index (χ2n) is 5.92. The van der Waals surface area contributed by atoms with Crippen molar-refractivity contribution in [1.29, 1.82) is 0 Å². The van der Waals surface area contributed by atoms with E-state index in [1.54, 1.807) is 24.3 Å². The summed E-state index contributed by atoms with van der Waals surface area (Å²) in [5.41, 5.74) is 6.88. The Morgan fingerprint density at radius 3 is 2.62 bits per heavy atom. The van der Waals surface area contributed by atoms with Crippen molar-refractivity contribution in [2.24, 2.45) is 5.73 Å². The summed E-state index contributed by atoms with van der Waals surface area (Å²) in [5.74, 6) is 6.60. The number of nitrogen functional groups attached to an aromatic ring is 1. The molecular formula is C19H20N6O3S. The standard InChI is InChI=1S/C19H20N6O3S/c1-2-28-15-5-3-4-13(10-15)18-23-24-19(25(18)21)29-11-16(26)22-14-8-6-12(7-9-14)17(20)27/h3-10H,2,11,21H2,1H3,(H2,20,27)(H,22,26). The van der Waals surface area contributed by atoms with Gasteiger partial charge in [-0.3, -0.25) is 9.59 Å². The quantitative estimate of drug-likeness (QED) is 0.379. The van der Waals surface area contributed by atoms with Gasteiger partial charge in [0.1, 0.15) is 5.75 Å². The van der Waals surface area contributed by atoms with Gasteiger partial charge in [0.25, 0.3) is 0 Å². The Hall–Kier alpha value is -3.53. The Morgan fingerprint density at radius 2 is 1.93 bits per heavy atom. The lowest BCUT2D eigenvalue weighted by atomic mass is 10.2. The highest BCUT2D eigenvalue weighted by Gasteiger charge is 2.14. The van der Waals surface area contributed by atoms with Crippen LogP contribution in [0.4, 0.5) is 5.69 Å². The van der Waals surface area contributed by atoms with Gasteiger partial charge in [0, 0.05) is 16.8 Å². The first-order valence-electron chi connectivity index (χ1n) is 8.74. The SMILES string of the molecule is CCOc1cccc(-c2nnc(SCC(=O)Nc3ccc(C(N)=O)cc3)n2N)c1. The lowest BCUT2D eigenvalue weighted by Crippen LogP contribution is -2.16. The zero-order chi connectivity index (χ0) is 20.8. The van der Waals surface area contributed by atoms with Crippen molar-refractivity contribution in [2.75, 3.05) is 23.5 Å². The molecule has 0 atom stereocenters. The summed E-state index contributed by atoms with van der Waals surface area (Å²) < 4.78 is 6.83. The highest BCUT2D eigenvalue weighted by Crippen LogP contribution is 2.25. The number of primary amides is 1. The molecule has 0 saturated carbocycles. The maximum Gasteiger partial charge on any atom is 0.248 e. The number of nitrogens with one attached hydrogen (secondary N) is 1. The van der Waals surface area contributed by atoms with Crippen LogP contribution < -0.4 is 21.6 Å². The van der Waals surface area contributed by atoms with Crippen LogP contribution in [-0.2, 0) is 4.79 Å². The molecule has 0 bridgehead atoms. The molecule has 2 amide bonds. The first-order valence-corrected chi connectivity index (χ1v) is 9.72. The number of amides is 2. The lowest BCUT2D eigenvalue weighted by Gasteiger charge is -2.07. The number of rotatable bonds is 8. The molecule has 0 unspecified atom stereocenters. The van der Waals surface area contributed by atoms with Crippen LogP contribution in [0.15, 0.2) is 53.7 Å². The maximum absolute atomic E-state index is 12.2. The normalized spacial score (nSPS) is 10.5. The van der Waals surface area contributed by atoms with Gasteiger partial charge in [0.05, 0.1) is 12.4 Å². The molecule has 1 aromatic heterocycles. The highest BCUT2D eigenvalue weighted by atomic mass is 32.2. The molecule has 0 radical (unpaired) electrons. The molecule has 9 nitrogen and oxygen atoms in total. The third-order valence-corrected chi connectivity index (χ3v) is 4.80. The Balaban J connectivity index is 1.62. The van der Waals surface area contributed by atoms with E-state index in [9.17, 15) is 9.59 Å². The van der Waals surface area contributed by atoms with E-state index in [4.69, 9.17) is 16.3 Å². The van der Waals surface area contributed by atoms with Crippen LogP contribution in [0, 0.1) is 0 Å². The second-order valence-corrected chi connectivity index (χ2v) is 6.86. The molecule has 1 heterocycles. The molecule has 29 heavy (non-hydrogen) atoms. The Morgan fingerprint density at radius 1 is 1.17 bits per heavy atom. The van der Waals surface area contributed by atoms with Crippen molar-refractivity contribution in [3.63, 3.8) is 0 Å². The van der Waals surface area contributed by atoms with Crippen LogP contribution in [0.25, 0.3) is 11.4 Å². The minimum Gasteiger partial charge on any atom is -0.494 e. The molecule has 0 aliphatic carbocycles. The van der Waals surface area contributed by atoms with E-state index in [0.717, 1.165) is 17.3 Å². The van der Waals surface area contributed by atoms with Gasteiger partial charge in [-0.15, -0.1) is 10.2 Å². The number of hydrogen-bond donors (Lipinski definition) is 3. The summed E-state index contributed by atoms with van der Waals surface area (Å²) in [4.78, 5) is 23.2. The third kappa shape index (κ3) is 5.05. The number of anilines is 1. The number of thioether (sulfide) groups is 1. The first-order chi connectivity index (χ1) is 14.0. The number of carbonyl (C=O) groups is 2. The summed E-state index contributed by atoms with van der Waals surface area (Å²) in [5, 5.41) is 11.3. The largest absolute Gasteiger partial charge is 0.494 e. The highest BCUT2D eigenvalue weighted by molar-refractivity contribution is 7.99. The number of nitrogens with zero attached hydrogens (tertiary/aromatic N) is 3. The molecule has 5 N–H and O–H groups in total. The van der Waals surface area contributed by atoms with Crippen LogP contribution in [0.5, 0.6) is 5.75 Å². The van der Waals surface area contributed by atoms with E-state index in [1.165, 1.54) is 4.68 Å². The fourth-order valence-electron chi connectivity index (χ4n) is 2.51. The molecular weight excluding hydrogens is 392 g/mol. The van der Waals surface area contributed by atoms with Crippen molar-refractivity contribution in [1.82, 2.24) is 14.9 Å². The molecule has 0 aliphatic heterocycles. The topological polar surface area (TPSA) is 138 Å². The molecule has 0 saturated heterocycles. The second kappa shape index (κ2) is 9.11. The molecule has 3 aromatic rings. The number of nitrogens with two attached hydrogens (primary N) is 2. The predicted octanol–water partition coefficient (Wildman–Crippen LogP) is 1.89. The number of hydrogen-bond acceptors (Lipinski definition) is 7. The van der Waals surface area contributed by atoms with Crippen LogP contribution in [0.2, 0.25) is 0 Å². The average molecular weight is 412 g/mol. The lowest BCUT2D eigenvalue weighted by molar-refractivity contribution is -0.113. The summed E-state index contributed by atoms with van der Waals surface area (Å²) in [6.45, 7) is 2.46. The van der Waals surface area contributed by atoms with Crippen molar-refractivity contribution >= 4 is 29.3 Å². The van der Waals surface area contributed by atoms with Gasteiger partial charge in [-0.1, -0.05) is 23.9 Å². The van der Waals surface area contributed by atoms with E-state index < -0.39 is 5.91 Å². The molecule has 150 valence electrons. The number of carbonyl (C=O) groups excluding carboxylic acids is 2.